The molecule has 2 aromatic rings. The summed E-state index contributed by atoms with van der Waals surface area (Å²) in [6, 6.07) is 14.7. The van der Waals surface area contributed by atoms with Gasteiger partial charge in [-0.25, -0.2) is 0 Å². The van der Waals surface area contributed by atoms with Crippen molar-refractivity contribution in [2.75, 3.05) is 25.0 Å². The summed E-state index contributed by atoms with van der Waals surface area (Å²) in [6.45, 7) is 5.70. The highest BCUT2D eigenvalue weighted by Gasteiger charge is 2.21. The largest absolute Gasteiger partial charge is 0.321 e. The second-order valence-corrected chi connectivity index (χ2v) is 6.97. The van der Waals surface area contributed by atoms with E-state index < -0.39 is 23.5 Å². The zero-order valence-corrected chi connectivity index (χ0v) is 19.0. The number of ketones is 1. The molecule has 0 aliphatic heterocycles. The first-order valence-corrected chi connectivity index (χ1v) is 10.3. The first kappa shape index (κ1) is 26.8. The van der Waals surface area contributed by atoms with Crippen molar-refractivity contribution in [3.05, 3.63) is 65.7 Å². The predicted molar refractivity (Wildman–Crippen MR) is 126 cm³/mol. The van der Waals surface area contributed by atoms with E-state index in [1.165, 1.54) is 12.1 Å². The molecular formula is C23H29ClN4O4. The highest BCUT2D eigenvalue weighted by Crippen LogP contribution is 2.17. The number of para-hydroxylation sites is 1. The molecule has 0 aromatic heterocycles. The number of amides is 3. The molecule has 0 radical (unpaired) electrons. The molecule has 0 saturated heterocycles. The second-order valence-electron chi connectivity index (χ2n) is 6.97. The number of halogens is 1. The quantitative estimate of drug-likeness (QED) is 0.287. The van der Waals surface area contributed by atoms with Gasteiger partial charge < -0.3 is 5.32 Å². The highest BCUT2D eigenvalue weighted by molar-refractivity contribution is 6.44. The number of hydrogen-bond acceptors (Lipinski definition) is 5. The number of hydrazine groups is 1. The highest BCUT2D eigenvalue weighted by atomic mass is 35.5. The van der Waals surface area contributed by atoms with Crippen molar-refractivity contribution in [3.63, 3.8) is 0 Å². The van der Waals surface area contributed by atoms with Crippen LogP contribution in [-0.2, 0) is 9.59 Å². The molecule has 0 aliphatic carbocycles. The van der Waals surface area contributed by atoms with Crippen LogP contribution in [0.5, 0.6) is 0 Å². The lowest BCUT2D eigenvalue weighted by atomic mass is 10.1. The Bertz CT molecular complexity index is 915. The van der Waals surface area contributed by atoms with Crippen LogP contribution in [0.15, 0.2) is 54.6 Å². The van der Waals surface area contributed by atoms with Gasteiger partial charge in [0.1, 0.15) is 0 Å². The minimum Gasteiger partial charge on any atom is -0.321 e. The topological polar surface area (TPSA) is 108 Å². The number of nitrogens with zero attached hydrogens (tertiary/aromatic N) is 1. The van der Waals surface area contributed by atoms with Crippen LogP contribution in [-0.4, -0.2) is 48.0 Å². The Labute approximate surface area is 194 Å². The van der Waals surface area contributed by atoms with Gasteiger partial charge in [-0.15, -0.1) is 12.4 Å². The number of nitrogens with one attached hydrogen (secondary N) is 3. The maximum Gasteiger partial charge on any atom is 0.310 e. The zero-order chi connectivity index (χ0) is 22.6. The number of carbonyl (C=O) groups excluding carboxylic acids is 4. The van der Waals surface area contributed by atoms with Gasteiger partial charge in [-0.2, -0.15) is 0 Å². The van der Waals surface area contributed by atoms with Gasteiger partial charge in [0.15, 0.2) is 0 Å². The number of carbonyl (C=O) groups is 4. The van der Waals surface area contributed by atoms with Gasteiger partial charge in [0, 0.05) is 5.56 Å². The number of rotatable bonds is 10. The van der Waals surface area contributed by atoms with Crippen molar-refractivity contribution in [2.24, 2.45) is 0 Å². The molecule has 172 valence electrons. The van der Waals surface area contributed by atoms with Crippen molar-refractivity contribution in [1.82, 2.24) is 15.8 Å². The molecule has 0 bridgehead atoms. The molecule has 0 fully saturated rings. The normalized spacial score (nSPS) is 10.1. The van der Waals surface area contributed by atoms with Crippen LogP contribution in [0.25, 0.3) is 0 Å². The van der Waals surface area contributed by atoms with Crippen LogP contribution < -0.4 is 16.2 Å². The molecule has 0 saturated carbocycles. The van der Waals surface area contributed by atoms with E-state index in [1.807, 2.05) is 18.7 Å². The fraction of sp³-hybridized carbons (Fsp3) is 0.304. The SMILES string of the molecule is CCCN(CCC)CC(=O)NNC(=O)C(=O)c1ccccc1NC(=O)c1ccccc1.Cl. The molecule has 0 aliphatic rings. The monoisotopic (exact) mass is 460 g/mol. The summed E-state index contributed by atoms with van der Waals surface area (Å²) in [5.41, 5.74) is 5.09. The Morgan fingerprint density at radius 1 is 0.812 bits per heavy atom. The number of hydrogen-bond donors (Lipinski definition) is 3. The summed E-state index contributed by atoms with van der Waals surface area (Å²) < 4.78 is 0. The van der Waals surface area contributed by atoms with Crippen LogP contribution in [0.2, 0.25) is 0 Å². The summed E-state index contributed by atoms with van der Waals surface area (Å²) in [4.78, 5) is 51.4. The lowest BCUT2D eigenvalue weighted by molar-refractivity contribution is -0.127. The van der Waals surface area contributed by atoms with Crippen LogP contribution in [0, 0.1) is 0 Å². The summed E-state index contributed by atoms with van der Waals surface area (Å²) in [5.74, 6) is -2.68. The van der Waals surface area contributed by atoms with Crippen molar-refractivity contribution >= 4 is 41.6 Å². The van der Waals surface area contributed by atoms with Crippen molar-refractivity contribution in [1.29, 1.82) is 0 Å². The van der Waals surface area contributed by atoms with Gasteiger partial charge in [-0.3, -0.25) is 34.9 Å². The summed E-state index contributed by atoms with van der Waals surface area (Å²) in [5, 5.41) is 2.65. The molecule has 8 nitrogen and oxygen atoms in total. The van der Waals surface area contributed by atoms with Crippen LogP contribution in [0.1, 0.15) is 47.4 Å². The maximum absolute atomic E-state index is 12.6. The van der Waals surface area contributed by atoms with E-state index >= 15 is 0 Å². The molecule has 3 amide bonds. The average molecular weight is 461 g/mol. The Morgan fingerprint density at radius 3 is 2.03 bits per heavy atom. The molecule has 0 atom stereocenters. The second kappa shape index (κ2) is 14.0. The van der Waals surface area contributed by atoms with Gasteiger partial charge in [0.2, 0.25) is 0 Å². The van der Waals surface area contributed by atoms with E-state index in [4.69, 9.17) is 0 Å². The van der Waals surface area contributed by atoms with E-state index in [9.17, 15) is 19.2 Å². The molecule has 9 heteroatoms. The Kier molecular flexibility index (Phi) is 11.7. The van der Waals surface area contributed by atoms with E-state index in [2.05, 4.69) is 16.2 Å². The predicted octanol–water partition coefficient (Wildman–Crippen LogP) is 2.81. The molecule has 2 aromatic carbocycles. The van der Waals surface area contributed by atoms with Crippen LogP contribution in [0.3, 0.4) is 0 Å². The van der Waals surface area contributed by atoms with Crippen molar-refractivity contribution < 1.29 is 19.2 Å². The zero-order valence-electron chi connectivity index (χ0n) is 18.2. The van der Waals surface area contributed by atoms with Gasteiger partial charge in [0.25, 0.3) is 17.6 Å². The molecule has 0 spiro atoms. The minimum absolute atomic E-state index is 0. The van der Waals surface area contributed by atoms with Crippen LogP contribution in [0.4, 0.5) is 5.69 Å². The lowest BCUT2D eigenvalue weighted by Crippen LogP contribution is -2.48. The third-order valence-corrected chi connectivity index (χ3v) is 4.42. The fourth-order valence-electron chi connectivity index (χ4n) is 3.02. The Hall–Kier alpha value is -3.23. The smallest absolute Gasteiger partial charge is 0.310 e. The van der Waals surface area contributed by atoms with E-state index in [0.29, 0.717) is 5.56 Å². The number of Topliss-reactive ketones (excluding diaryl/α,β-unsaturated/α-hetero) is 1. The van der Waals surface area contributed by atoms with Crippen molar-refractivity contribution in [3.8, 4) is 0 Å². The summed E-state index contributed by atoms with van der Waals surface area (Å²) in [7, 11) is 0. The van der Waals surface area contributed by atoms with E-state index in [0.717, 1.165) is 25.9 Å². The van der Waals surface area contributed by atoms with Gasteiger partial charge in [0.05, 0.1) is 17.8 Å². The van der Waals surface area contributed by atoms with Gasteiger partial charge in [-0.05, 0) is 50.2 Å². The fourth-order valence-corrected chi connectivity index (χ4v) is 3.02. The first-order valence-electron chi connectivity index (χ1n) is 10.3. The Balaban J connectivity index is 0.00000512. The number of anilines is 1. The van der Waals surface area contributed by atoms with Gasteiger partial charge >= 0.3 is 5.91 Å². The van der Waals surface area contributed by atoms with Crippen LogP contribution >= 0.6 is 12.4 Å². The number of benzene rings is 2. The van der Waals surface area contributed by atoms with E-state index in [1.54, 1.807) is 42.5 Å². The Morgan fingerprint density at radius 2 is 1.41 bits per heavy atom. The molecule has 2 rings (SSSR count). The standard InChI is InChI=1S/C23H28N4O4.ClH/c1-3-14-27(15-4-2)16-20(28)25-26-23(31)21(29)18-12-8-9-13-19(18)24-22(30)17-10-6-5-7-11-17;/h5-13H,3-4,14-16H2,1-2H3,(H,24,30)(H,25,28)(H,26,31);1H. The van der Waals surface area contributed by atoms with Crippen molar-refractivity contribution in [2.45, 2.75) is 26.7 Å². The van der Waals surface area contributed by atoms with Gasteiger partial charge in [-0.1, -0.05) is 44.2 Å². The molecule has 0 unspecified atom stereocenters. The molecular weight excluding hydrogens is 432 g/mol. The lowest BCUT2D eigenvalue weighted by Gasteiger charge is -2.20. The molecule has 0 heterocycles. The first-order chi connectivity index (χ1) is 15.0. The third kappa shape index (κ3) is 8.13. The molecule has 3 N–H and O–H groups in total. The summed E-state index contributed by atoms with van der Waals surface area (Å²) in [6.07, 6.45) is 1.81. The third-order valence-electron chi connectivity index (χ3n) is 4.42. The summed E-state index contributed by atoms with van der Waals surface area (Å²) >= 11 is 0. The molecule has 32 heavy (non-hydrogen) atoms. The minimum atomic E-state index is -0.993. The maximum atomic E-state index is 12.6. The average Bonchev–Trinajstić information content (AvgIpc) is 2.78. The van der Waals surface area contributed by atoms with E-state index in [-0.39, 0.29) is 30.2 Å².